The van der Waals surface area contributed by atoms with Gasteiger partial charge in [0.25, 0.3) is 11.5 Å². The van der Waals surface area contributed by atoms with Crippen molar-refractivity contribution in [1.29, 1.82) is 0 Å². The van der Waals surface area contributed by atoms with Crippen LogP contribution in [0.15, 0.2) is 47.5 Å². The molecule has 2 amide bonds. The van der Waals surface area contributed by atoms with E-state index in [4.69, 9.17) is 0 Å². The molecule has 1 aromatic carbocycles. The Kier molecular flexibility index (Phi) is 6.54. The van der Waals surface area contributed by atoms with Crippen molar-refractivity contribution in [2.24, 2.45) is 5.92 Å². The van der Waals surface area contributed by atoms with Gasteiger partial charge < -0.3 is 20.7 Å². The molecule has 0 bridgehead atoms. The third-order valence-corrected chi connectivity index (χ3v) is 4.96. The summed E-state index contributed by atoms with van der Waals surface area (Å²) >= 11 is 0. The summed E-state index contributed by atoms with van der Waals surface area (Å²) in [4.78, 5) is 42.0. The summed E-state index contributed by atoms with van der Waals surface area (Å²) < 4.78 is 0. The van der Waals surface area contributed by atoms with Gasteiger partial charge >= 0.3 is 0 Å². The van der Waals surface area contributed by atoms with E-state index in [1.54, 1.807) is 0 Å². The van der Waals surface area contributed by atoms with E-state index in [9.17, 15) is 19.5 Å². The van der Waals surface area contributed by atoms with E-state index in [0.29, 0.717) is 25.8 Å². The molecular formula is C20H24N4O4. The Labute approximate surface area is 162 Å². The number of amides is 2. The van der Waals surface area contributed by atoms with Crippen LogP contribution in [-0.4, -0.2) is 45.6 Å². The van der Waals surface area contributed by atoms with Gasteiger partial charge in [-0.3, -0.25) is 14.4 Å². The highest BCUT2D eigenvalue weighted by atomic mass is 16.3. The lowest BCUT2D eigenvalue weighted by molar-refractivity contribution is -0.127. The Morgan fingerprint density at radius 3 is 2.71 bits per heavy atom. The lowest BCUT2D eigenvalue weighted by Gasteiger charge is -2.33. The van der Waals surface area contributed by atoms with Crippen molar-refractivity contribution in [2.75, 3.05) is 6.54 Å². The minimum Gasteiger partial charge on any atom is -0.391 e. The lowest BCUT2D eigenvalue weighted by Crippen LogP contribution is -2.49. The Balaban J connectivity index is 1.51. The number of nitrogens with zero attached hydrogens (tertiary/aromatic N) is 1. The Morgan fingerprint density at radius 2 is 2.00 bits per heavy atom. The largest absolute Gasteiger partial charge is 0.391 e. The maximum atomic E-state index is 12.5. The maximum absolute atomic E-state index is 12.5. The van der Waals surface area contributed by atoms with Gasteiger partial charge in [-0.15, -0.1) is 0 Å². The van der Waals surface area contributed by atoms with E-state index in [0.717, 1.165) is 18.2 Å². The predicted molar refractivity (Wildman–Crippen MR) is 103 cm³/mol. The quantitative estimate of drug-likeness (QED) is 0.573. The molecular weight excluding hydrogens is 360 g/mol. The zero-order valence-corrected chi connectivity index (χ0v) is 15.4. The molecule has 0 unspecified atom stereocenters. The number of aromatic amines is 1. The maximum Gasteiger partial charge on any atom is 0.271 e. The van der Waals surface area contributed by atoms with Crippen molar-refractivity contribution < 1.29 is 14.7 Å². The first-order chi connectivity index (χ1) is 13.5. The van der Waals surface area contributed by atoms with Gasteiger partial charge in [0.1, 0.15) is 5.69 Å². The number of nitrogens with one attached hydrogen (secondary N) is 3. The van der Waals surface area contributed by atoms with Crippen molar-refractivity contribution in [1.82, 2.24) is 20.6 Å². The summed E-state index contributed by atoms with van der Waals surface area (Å²) in [6.07, 6.45) is 3.63. The van der Waals surface area contributed by atoms with Gasteiger partial charge in [-0.05, 0) is 31.2 Å². The van der Waals surface area contributed by atoms with Crippen LogP contribution in [0, 0.1) is 5.92 Å². The predicted octanol–water partition coefficient (Wildman–Crippen LogP) is 0.388. The van der Waals surface area contributed by atoms with Crippen LogP contribution >= 0.6 is 0 Å². The molecule has 0 aliphatic heterocycles. The molecule has 1 fully saturated rings. The number of rotatable bonds is 6. The van der Waals surface area contributed by atoms with Crippen LogP contribution in [0.1, 0.15) is 35.3 Å². The average molecular weight is 384 g/mol. The molecule has 3 rings (SSSR count). The molecule has 3 atom stereocenters. The third-order valence-electron chi connectivity index (χ3n) is 4.96. The van der Waals surface area contributed by atoms with Gasteiger partial charge in [-0.2, -0.15) is 0 Å². The minimum absolute atomic E-state index is 0.0567. The number of aromatic nitrogens is 2. The molecule has 8 nitrogen and oxygen atoms in total. The second kappa shape index (κ2) is 9.27. The molecule has 4 N–H and O–H groups in total. The Morgan fingerprint density at radius 1 is 1.21 bits per heavy atom. The molecule has 1 heterocycles. The lowest BCUT2D eigenvalue weighted by atomic mass is 9.83. The van der Waals surface area contributed by atoms with Crippen LogP contribution in [0.25, 0.3) is 0 Å². The molecule has 1 aliphatic rings. The van der Waals surface area contributed by atoms with Crippen molar-refractivity contribution >= 4 is 11.8 Å². The number of aliphatic hydroxyl groups excluding tert-OH is 1. The van der Waals surface area contributed by atoms with Crippen molar-refractivity contribution in [3.8, 4) is 0 Å². The monoisotopic (exact) mass is 384 g/mol. The SMILES string of the molecule is O=C(N[C@@H]1C[C@@H](C(=O)NCCc2ccccc2)CC[C@H]1O)c1c[nH]c(=O)cn1. The van der Waals surface area contributed by atoms with E-state index in [1.807, 2.05) is 30.3 Å². The summed E-state index contributed by atoms with van der Waals surface area (Å²) in [6, 6.07) is 9.36. The summed E-state index contributed by atoms with van der Waals surface area (Å²) in [5.74, 6) is -0.831. The molecule has 28 heavy (non-hydrogen) atoms. The minimum atomic E-state index is -0.722. The molecule has 8 heteroatoms. The van der Waals surface area contributed by atoms with Gasteiger partial charge in [0.05, 0.1) is 18.3 Å². The Bertz CT molecular complexity index is 848. The number of H-pyrrole nitrogens is 1. The topological polar surface area (TPSA) is 124 Å². The fourth-order valence-corrected chi connectivity index (χ4v) is 3.38. The van der Waals surface area contributed by atoms with Crippen LogP contribution in [0.5, 0.6) is 0 Å². The molecule has 1 aromatic heterocycles. The summed E-state index contributed by atoms with van der Waals surface area (Å²) in [7, 11) is 0. The van der Waals surface area contributed by atoms with Crippen LogP contribution in [0.4, 0.5) is 0 Å². The third kappa shape index (κ3) is 5.26. The summed E-state index contributed by atoms with van der Waals surface area (Å²) in [5, 5.41) is 15.9. The van der Waals surface area contributed by atoms with Gasteiger partial charge in [-0.25, -0.2) is 4.98 Å². The number of benzene rings is 1. The molecule has 0 radical (unpaired) electrons. The molecule has 1 aliphatic carbocycles. The van der Waals surface area contributed by atoms with E-state index in [2.05, 4.69) is 20.6 Å². The second-order valence-electron chi connectivity index (χ2n) is 6.98. The first kappa shape index (κ1) is 19.8. The summed E-state index contributed by atoms with van der Waals surface area (Å²) in [6.45, 7) is 0.542. The number of carbonyl (C=O) groups is 2. The fourth-order valence-electron chi connectivity index (χ4n) is 3.38. The second-order valence-corrected chi connectivity index (χ2v) is 6.98. The van der Waals surface area contributed by atoms with Gasteiger partial charge in [-0.1, -0.05) is 30.3 Å². The van der Waals surface area contributed by atoms with Crippen LogP contribution in [0.3, 0.4) is 0 Å². The van der Waals surface area contributed by atoms with Crippen molar-refractivity contribution in [3.05, 3.63) is 64.3 Å². The number of carbonyl (C=O) groups excluding carboxylic acids is 2. The average Bonchev–Trinajstić information content (AvgIpc) is 2.71. The zero-order chi connectivity index (χ0) is 19.9. The highest BCUT2D eigenvalue weighted by molar-refractivity contribution is 5.92. The number of aliphatic hydroxyl groups is 1. The van der Waals surface area contributed by atoms with Gasteiger partial charge in [0.2, 0.25) is 5.91 Å². The van der Waals surface area contributed by atoms with Gasteiger partial charge in [0, 0.05) is 18.7 Å². The highest BCUT2D eigenvalue weighted by Gasteiger charge is 2.34. The van der Waals surface area contributed by atoms with E-state index in [1.165, 1.54) is 6.20 Å². The summed E-state index contributed by atoms with van der Waals surface area (Å²) in [5.41, 5.74) is 0.808. The number of hydrogen-bond acceptors (Lipinski definition) is 5. The van der Waals surface area contributed by atoms with E-state index >= 15 is 0 Å². The van der Waals surface area contributed by atoms with Crippen LogP contribution in [-0.2, 0) is 11.2 Å². The molecule has 2 aromatic rings. The number of hydrogen-bond donors (Lipinski definition) is 4. The molecule has 1 saturated carbocycles. The Hall–Kier alpha value is -3.00. The van der Waals surface area contributed by atoms with Crippen LogP contribution < -0.4 is 16.2 Å². The first-order valence-corrected chi connectivity index (χ1v) is 9.38. The first-order valence-electron chi connectivity index (χ1n) is 9.38. The van der Waals surface area contributed by atoms with Crippen molar-refractivity contribution in [3.63, 3.8) is 0 Å². The van der Waals surface area contributed by atoms with E-state index in [-0.39, 0.29) is 17.5 Å². The highest BCUT2D eigenvalue weighted by Crippen LogP contribution is 2.25. The zero-order valence-electron chi connectivity index (χ0n) is 15.4. The molecule has 0 spiro atoms. The standard InChI is InChI=1S/C20H24N4O4/c25-17-7-6-14(19(27)21-9-8-13-4-2-1-3-5-13)10-15(17)24-20(28)16-11-23-18(26)12-22-16/h1-5,11-12,14-15,17,25H,6-10H2,(H,21,27)(H,23,26)(H,24,28)/t14-,15+,17+/m0/s1. The normalized spacial score (nSPS) is 21.7. The molecule has 148 valence electrons. The van der Waals surface area contributed by atoms with Crippen molar-refractivity contribution in [2.45, 2.75) is 37.8 Å². The smallest absolute Gasteiger partial charge is 0.271 e. The molecule has 0 saturated heterocycles. The van der Waals surface area contributed by atoms with Crippen LogP contribution in [0.2, 0.25) is 0 Å². The fraction of sp³-hybridized carbons (Fsp3) is 0.400. The van der Waals surface area contributed by atoms with E-state index < -0.39 is 23.6 Å². The van der Waals surface area contributed by atoms with Gasteiger partial charge in [0.15, 0.2) is 0 Å².